The summed E-state index contributed by atoms with van der Waals surface area (Å²) in [7, 11) is 0. The van der Waals surface area contributed by atoms with Gasteiger partial charge in [-0.3, -0.25) is 10.1 Å². The lowest BCUT2D eigenvalue weighted by molar-refractivity contribution is -0.385. The average Bonchev–Trinajstić information content (AvgIpc) is 1.96. The molecule has 88 valence electrons. The van der Waals surface area contributed by atoms with Crippen molar-refractivity contribution < 1.29 is 22.8 Å². The second-order valence-electron chi connectivity index (χ2n) is 2.88. The monoisotopic (exact) mass is 255 g/mol. The lowest BCUT2D eigenvalue weighted by Crippen LogP contribution is -2.17. The molecule has 16 heavy (non-hydrogen) atoms. The van der Waals surface area contributed by atoms with Crippen molar-refractivity contribution in [1.29, 1.82) is 0 Å². The maximum atomic E-state index is 11.9. The summed E-state index contributed by atoms with van der Waals surface area (Å²) in [6.07, 6.45) is -4.86. The van der Waals surface area contributed by atoms with Gasteiger partial charge >= 0.3 is 6.36 Å². The predicted molar refractivity (Wildman–Crippen MR) is 49.5 cm³/mol. The van der Waals surface area contributed by atoms with E-state index in [1.807, 2.05) is 0 Å². The number of halogens is 4. The van der Waals surface area contributed by atoms with Gasteiger partial charge in [0.15, 0.2) is 0 Å². The van der Waals surface area contributed by atoms with E-state index in [1.54, 1.807) is 0 Å². The second kappa shape index (κ2) is 4.17. The van der Waals surface area contributed by atoms with Gasteiger partial charge in [0.05, 0.1) is 4.92 Å². The van der Waals surface area contributed by atoms with Gasteiger partial charge in [-0.2, -0.15) is 0 Å². The highest BCUT2D eigenvalue weighted by Crippen LogP contribution is 2.34. The molecule has 0 spiro atoms. The Morgan fingerprint density at radius 2 is 2.00 bits per heavy atom. The normalized spacial score (nSPS) is 11.3. The molecule has 8 heteroatoms. The van der Waals surface area contributed by atoms with Crippen LogP contribution < -0.4 is 4.74 Å². The standard InChI is InChI=1S/C8H5ClF3NO3/c1-4-2-5(16-8(10,11)12)3-6(9)7(4)13(14)15/h2-3H,1H3. The lowest BCUT2D eigenvalue weighted by atomic mass is 10.2. The number of rotatable bonds is 2. The summed E-state index contributed by atoms with van der Waals surface area (Å²) in [4.78, 5) is 9.73. The van der Waals surface area contributed by atoms with E-state index in [2.05, 4.69) is 4.74 Å². The number of hydrogen-bond donors (Lipinski definition) is 0. The number of nitro groups is 1. The molecule has 0 radical (unpaired) electrons. The number of nitro benzene ring substituents is 1. The van der Waals surface area contributed by atoms with Crippen molar-refractivity contribution in [3.8, 4) is 5.75 Å². The highest BCUT2D eigenvalue weighted by Gasteiger charge is 2.32. The van der Waals surface area contributed by atoms with E-state index in [1.165, 1.54) is 6.92 Å². The summed E-state index contributed by atoms with van der Waals surface area (Å²) in [6, 6.07) is 1.65. The van der Waals surface area contributed by atoms with E-state index < -0.39 is 27.7 Å². The zero-order chi connectivity index (χ0) is 12.5. The quantitative estimate of drug-likeness (QED) is 0.601. The summed E-state index contributed by atoms with van der Waals surface area (Å²) < 4.78 is 39.2. The van der Waals surface area contributed by atoms with E-state index in [0.717, 1.165) is 12.1 Å². The number of alkyl halides is 3. The third-order valence-electron chi connectivity index (χ3n) is 1.64. The minimum atomic E-state index is -4.86. The van der Waals surface area contributed by atoms with E-state index in [9.17, 15) is 23.3 Å². The molecule has 0 fully saturated rings. The maximum Gasteiger partial charge on any atom is 0.573 e. The zero-order valence-corrected chi connectivity index (χ0v) is 8.59. The molecule has 0 atom stereocenters. The Morgan fingerprint density at radius 3 is 2.38 bits per heavy atom. The molecular formula is C8H5ClF3NO3. The zero-order valence-electron chi connectivity index (χ0n) is 7.84. The first-order valence-corrected chi connectivity index (χ1v) is 4.29. The van der Waals surface area contributed by atoms with Crippen LogP contribution in [-0.2, 0) is 0 Å². The molecule has 1 rings (SSSR count). The summed E-state index contributed by atoms with van der Waals surface area (Å²) in [5.74, 6) is -0.583. The molecule has 0 amide bonds. The molecular weight excluding hydrogens is 251 g/mol. The Labute approximate surface area is 92.7 Å². The Kier molecular flexibility index (Phi) is 3.27. The molecule has 0 saturated heterocycles. The molecule has 0 saturated carbocycles. The van der Waals surface area contributed by atoms with Gasteiger partial charge in [0.1, 0.15) is 10.8 Å². The van der Waals surface area contributed by atoms with Crippen LogP contribution in [0.2, 0.25) is 5.02 Å². The Balaban J connectivity index is 3.15. The van der Waals surface area contributed by atoms with Crippen LogP contribution in [0.5, 0.6) is 5.75 Å². The van der Waals surface area contributed by atoms with Gasteiger partial charge in [0.25, 0.3) is 5.69 Å². The number of hydrogen-bond acceptors (Lipinski definition) is 3. The molecule has 0 N–H and O–H groups in total. The van der Waals surface area contributed by atoms with Crippen LogP contribution >= 0.6 is 11.6 Å². The first kappa shape index (κ1) is 12.6. The van der Waals surface area contributed by atoms with E-state index in [-0.39, 0.29) is 5.56 Å². The Bertz CT molecular complexity index is 410. The van der Waals surface area contributed by atoms with Crippen molar-refractivity contribution in [2.45, 2.75) is 13.3 Å². The molecule has 0 aliphatic heterocycles. The van der Waals surface area contributed by atoms with E-state index in [4.69, 9.17) is 11.6 Å². The summed E-state index contributed by atoms with van der Waals surface area (Å²) >= 11 is 5.47. The van der Waals surface area contributed by atoms with Crippen molar-refractivity contribution >= 4 is 17.3 Å². The topological polar surface area (TPSA) is 52.4 Å². The van der Waals surface area contributed by atoms with Gasteiger partial charge in [0.2, 0.25) is 0 Å². The number of aryl methyl sites for hydroxylation is 1. The first-order chi connectivity index (χ1) is 7.20. The van der Waals surface area contributed by atoms with Crippen LogP contribution in [0.15, 0.2) is 12.1 Å². The number of benzene rings is 1. The lowest BCUT2D eigenvalue weighted by Gasteiger charge is -2.10. The van der Waals surface area contributed by atoms with Crippen LogP contribution in [0.1, 0.15) is 5.56 Å². The smallest absolute Gasteiger partial charge is 0.406 e. The van der Waals surface area contributed by atoms with Crippen LogP contribution in [-0.4, -0.2) is 11.3 Å². The molecule has 1 aromatic rings. The second-order valence-corrected chi connectivity index (χ2v) is 3.28. The summed E-state index contributed by atoms with van der Waals surface area (Å²) in [5.41, 5.74) is -0.437. The van der Waals surface area contributed by atoms with Crippen LogP contribution in [0.3, 0.4) is 0 Å². The SMILES string of the molecule is Cc1cc(OC(F)(F)F)cc(Cl)c1[N+](=O)[O-]. The minimum absolute atomic E-state index is 0.00301. The predicted octanol–water partition coefficient (Wildman–Crippen LogP) is 3.46. The summed E-state index contributed by atoms with van der Waals surface area (Å²) in [5, 5.41) is 10.1. The molecule has 0 unspecified atom stereocenters. The fourth-order valence-electron chi connectivity index (χ4n) is 1.13. The maximum absolute atomic E-state index is 11.9. The van der Waals surface area contributed by atoms with Crippen molar-refractivity contribution in [3.05, 3.63) is 32.8 Å². The molecule has 0 aliphatic rings. The first-order valence-electron chi connectivity index (χ1n) is 3.91. The number of ether oxygens (including phenoxy) is 1. The van der Waals surface area contributed by atoms with Crippen LogP contribution in [0, 0.1) is 17.0 Å². The van der Waals surface area contributed by atoms with Gasteiger partial charge < -0.3 is 4.74 Å². The Hall–Kier alpha value is -1.50. The van der Waals surface area contributed by atoms with Gasteiger partial charge in [-0.15, -0.1) is 13.2 Å². The molecule has 0 heterocycles. The van der Waals surface area contributed by atoms with Crippen molar-refractivity contribution in [2.24, 2.45) is 0 Å². The number of nitrogens with zero attached hydrogens (tertiary/aromatic N) is 1. The van der Waals surface area contributed by atoms with Crippen LogP contribution in [0.25, 0.3) is 0 Å². The fraction of sp³-hybridized carbons (Fsp3) is 0.250. The third kappa shape index (κ3) is 2.99. The third-order valence-corrected chi connectivity index (χ3v) is 1.93. The Morgan fingerprint density at radius 1 is 1.44 bits per heavy atom. The summed E-state index contributed by atoms with van der Waals surface area (Å²) in [6.45, 7) is 1.27. The fourth-order valence-corrected chi connectivity index (χ4v) is 1.45. The van der Waals surface area contributed by atoms with Gasteiger partial charge in [-0.1, -0.05) is 11.6 Å². The molecule has 0 aromatic heterocycles. The van der Waals surface area contributed by atoms with Crippen molar-refractivity contribution in [2.75, 3.05) is 0 Å². The molecule has 0 aliphatic carbocycles. The minimum Gasteiger partial charge on any atom is -0.406 e. The molecule has 1 aromatic carbocycles. The molecule has 0 bridgehead atoms. The van der Waals surface area contributed by atoms with Gasteiger partial charge in [-0.05, 0) is 13.0 Å². The van der Waals surface area contributed by atoms with Gasteiger partial charge in [0, 0.05) is 11.6 Å². The van der Waals surface area contributed by atoms with E-state index >= 15 is 0 Å². The van der Waals surface area contributed by atoms with Crippen molar-refractivity contribution in [3.63, 3.8) is 0 Å². The van der Waals surface area contributed by atoms with Crippen molar-refractivity contribution in [1.82, 2.24) is 0 Å². The highest BCUT2D eigenvalue weighted by atomic mass is 35.5. The van der Waals surface area contributed by atoms with E-state index in [0.29, 0.717) is 0 Å². The average molecular weight is 256 g/mol. The van der Waals surface area contributed by atoms with Gasteiger partial charge in [-0.25, -0.2) is 0 Å². The van der Waals surface area contributed by atoms with Crippen LogP contribution in [0.4, 0.5) is 18.9 Å². The highest BCUT2D eigenvalue weighted by molar-refractivity contribution is 6.32. The molecule has 4 nitrogen and oxygen atoms in total. The largest absolute Gasteiger partial charge is 0.573 e.